The quantitative estimate of drug-likeness (QED) is 0.759. The predicted molar refractivity (Wildman–Crippen MR) is 85.2 cm³/mol. The number of nitrogens with two attached hydrogens (primary N) is 1. The van der Waals surface area contributed by atoms with E-state index in [0.717, 1.165) is 24.3 Å². The molecule has 1 aromatic carbocycles. The van der Waals surface area contributed by atoms with Crippen LogP contribution < -0.4 is 16.1 Å². The molecule has 0 spiro atoms. The zero-order valence-corrected chi connectivity index (χ0v) is 12.9. The van der Waals surface area contributed by atoms with Crippen LogP contribution in [0.3, 0.4) is 0 Å². The first-order valence-electron chi connectivity index (χ1n) is 7.32. The summed E-state index contributed by atoms with van der Waals surface area (Å²) >= 11 is 0. The van der Waals surface area contributed by atoms with Crippen LogP contribution in [0, 0.1) is 0 Å². The number of aromatic nitrogens is 3. The van der Waals surface area contributed by atoms with Gasteiger partial charge in [0, 0.05) is 12.1 Å². The van der Waals surface area contributed by atoms with Crippen molar-refractivity contribution in [2.75, 3.05) is 32.1 Å². The van der Waals surface area contributed by atoms with Gasteiger partial charge in [0.1, 0.15) is 6.61 Å². The molecule has 0 radical (unpaired) electrons. The van der Waals surface area contributed by atoms with Gasteiger partial charge in [0.25, 0.3) is 0 Å². The largest absolute Gasteiger partial charge is 0.461 e. The molecule has 1 aromatic heterocycles. The molecule has 0 atom stereocenters. The van der Waals surface area contributed by atoms with Crippen molar-refractivity contribution in [2.24, 2.45) is 0 Å². The number of hydrogen-bond acceptors (Lipinski definition) is 6. The molecule has 0 aliphatic carbocycles. The molecule has 2 rings (SSSR count). The summed E-state index contributed by atoms with van der Waals surface area (Å²) in [4.78, 5) is 14.4. The Bertz CT molecular complexity index is 653. The molecule has 22 heavy (non-hydrogen) atoms. The van der Waals surface area contributed by atoms with Crippen molar-refractivity contribution < 1.29 is 4.74 Å². The zero-order chi connectivity index (χ0) is 15.9. The molecule has 0 amide bonds. The van der Waals surface area contributed by atoms with E-state index in [1.54, 1.807) is 12.1 Å². The van der Waals surface area contributed by atoms with Crippen molar-refractivity contribution in [3.8, 4) is 17.3 Å². The van der Waals surface area contributed by atoms with Gasteiger partial charge in [-0.1, -0.05) is 49.3 Å². The lowest BCUT2D eigenvalue weighted by Gasteiger charge is -2.18. The normalized spacial score (nSPS) is 10.9. The van der Waals surface area contributed by atoms with Gasteiger partial charge >= 0.3 is 11.6 Å². The van der Waals surface area contributed by atoms with Crippen molar-refractivity contribution >= 4 is 0 Å². The van der Waals surface area contributed by atoms with Gasteiger partial charge in [-0.05, 0) is 13.1 Å². The molecule has 0 bridgehead atoms. The molecule has 2 aromatic rings. The van der Waals surface area contributed by atoms with Crippen LogP contribution in [0.15, 0.2) is 35.1 Å². The molecule has 0 fully saturated rings. The first kappa shape index (κ1) is 16.0. The minimum Gasteiger partial charge on any atom is -0.461 e. The highest BCUT2D eigenvalue weighted by molar-refractivity contribution is 5.57. The second kappa shape index (κ2) is 7.56. The number of hydrogen-bond donors (Lipinski definition) is 1. The summed E-state index contributed by atoms with van der Waals surface area (Å²) in [6.07, 6.45) is 0. The first-order chi connectivity index (χ1) is 10.7. The summed E-state index contributed by atoms with van der Waals surface area (Å²) in [6, 6.07) is 9.11. The lowest BCUT2D eigenvalue weighted by molar-refractivity contribution is 0.205. The lowest BCUT2D eigenvalue weighted by Crippen LogP contribution is -2.34. The Morgan fingerprint density at radius 1 is 1.18 bits per heavy atom. The van der Waals surface area contributed by atoms with Crippen molar-refractivity contribution in [1.82, 2.24) is 19.8 Å². The maximum Gasteiger partial charge on any atom is 0.337 e. The number of ether oxygens (including phenoxy) is 1. The molecule has 7 heteroatoms. The van der Waals surface area contributed by atoms with Crippen molar-refractivity contribution in [3.05, 3.63) is 40.7 Å². The molecule has 7 nitrogen and oxygen atoms in total. The third-order valence-electron chi connectivity index (χ3n) is 3.44. The van der Waals surface area contributed by atoms with Gasteiger partial charge in [-0.15, -0.1) is 5.10 Å². The Morgan fingerprint density at radius 2 is 1.86 bits per heavy atom. The number of nitrogen functional groups attached to an aromatic ring is 1. The monoisotopic (exact) mass is 303 g/mol. The summed E-state index contributed by atoms with van der Waals surface area (Å²) in [5.41, 5.74) is 0.451. The second-order valence-corrected chi connectivity index (χ2v) is 4.75. The molecule has 2 N–H and O–H groups in total. The van der Waals surface area contributed by atoms with E-state index in [9.17, 15) is 4.79 Å². The maximum atomic E-state index is 12.2. The molecule has 0 aliphatic heterocycles. The molecule has 0 saturated carbocycles. The molecular formula is C15H21N5O2. The van der Waals surface area contributed by atoms with Gasteiger partial charge < -0.3 is 15.5 Å². The second-order valence-electron chi connectivity index (χ2n) is 4.75. The molecular weight excluding hydrogens is 282 g/mol. The molecule has 118 valence electrons. The van der Waals surface area contributed by atoms with E-state index in [2.05, 4.69) is 28.9 Å². The Hall–Kier alpha value is -2.41. The van der Waals surface area contributed by atoms with Crippen LogP contribution in [-0.2, 0) is 0 Å². The van der Waals surface area contributed by atoms with Crippen LogP contribution in [0.4, 0.5) is 0 Å². The van der Waals surface area contributed by atoms with Gasteiger partial charge in [-0.2, -0.15) is 4.68 Å². The Balaban J connectivity index is 2.12. The van der Waals surface area contributed by atoms with E-state index in [-0.39, 0.29) is 11.7 Å². The Morgan fingerprint density at radius 3 is 2.50 bits per heavy atom. The van der Waals surface area contributed by atoms with Crippen molar-refractivity contribution in [3.63, 3.8) is 0 Å². The predicted octanol–water partition coefficient (Wildman–Crippen LogP) is 0.740. The highest BCUT2D eigenvalue weighted by Crippen LogP contribution is 2.12. The van der Waals surface area contributed by atoms with Crippen LogP contribution in [-0.4, -0.2) is 46.0 Å². The van der Waals surface area contributed by atoms with Gasteiger partial charge in [-0.25, -0.2) is 0 Å². The highest BCUT2D eigenvalue weighted by Gasteiger charge is 2.12. The average Bonchev–Trinajstić information content (AvgIpc) is 2.56. The molecule has 0 aliphatic rings. The van der Waals surface area contributed by atoms with Crippen LogP contribution in [0.2, 0.25) is 0 Å². The van der Waals surface area contributed by atoms with E-state index in [1.165, 1.54) is 0 Å². The van der Waals surface area contributed by atoms with Crippen LogP contribution in [0.1, 0.15) is 13.8 Å². The Labute approximate surface area is 129 Å². The first-order valence-corrected chi connectivity index (χ1v) is 7.32. The third kappa shape index (κ3) is 3.62. The van der Waals surface area contributed by atoms with Gasteiger partial charge in [-0.3, -0.25) is 4.79 Å². The SMILES string of the molecule is CCN(CC)CCOc1nnc(-c2ccccc2)c(=O)n1N. The van der Waals surface area contributed by atoms with Crippen LogP contribution in [0.5, 0.6) is 6.01 Å². The summed E-state index contributed by atoms with van der Waals surface area (Å²) in [6.45, 7) is 7.18. The summed E-state index contributed by atoms with van der Waals surface area (Å²) in [5, 5.41) is 7.86. The standard InChI is InChI=1S/C15H21N5O2/c1-3-19(4-2)10-11-22-15-18-17-13(14(21)20(15)16)12-8-6-5-7-9-12/h5-9H,3-4,10-11,16H2,1-2H3. The van der Waals surface area contributed by atoms with Crippen LogP contribution >= 0.6 is 0 Å². The molecule has 0 saturated heterocycles. The van der Waals surface area contributed by atoms with E-state index >= 15 is 0 Å². The minimum atomic E-state index is -0.431. The fourth-order valence-electron chi connectivity index (χ4n) is 2.07. The van der Waals surface area contributed by atoms with Gasteiger partial charge in [0.05, 0.1) is 0 Å². The lowest BCUT2D eigenvalue weighted by atomic mass is 10.2. The highest BCUT2D eigenvalue weighted by atomic mass is 16.5. The van der Waals surface area contributed by atoms with Gasteiger partial charge in [0.15, 0.2) is 5.69 Å². The number of nitrogens with zero attached hydrogens (tertiary/aromatic N) is 4. The zero-order valence-electron chi connectivity index (χ0n) is 12.9. The molecule has 0 unspecified atom stereocenters. The Kier molecular flexibility index (Phi) is 5.48. The van der Waals surface area contributed by atoms with Crippen molar-refractivity contribution in [1.29, 1.82) is 0 Å². The van der Waals surface area contributed by atoms with Crippen LogP contribution in [0.25, 0.3) is 11.3 Å². The fourth-order valence-corrected chi connectivity index (χ4v) is 2.07. The maximum absolute atomic E-state index is 12.2. The smallest absolute Gasteiger partial charge is 0.337 e. The van der Waals surface area contributed by atoms with E-state index in [0.29, 0.717) is 12.2 Å². The third-order valence-corrected chi connectivity index (χ3v) is 3.44. The van der Waals surface area contributed by atoms with Gasteiger partial charge in [0.2, 0.25) is 0 Å². The number of benzene rings is 1. The van der Waals surface area contributed by atoms with E-state index in [4.69, 9.17) is 10.6 Å². The van der Waals surface area contributed by atoms with E-state index < -0.39 is 5.56 Å². The molecule has 1 heterocycles. The fraction of sp³-hybridized carbons (Fsp3) is 0.400. The average molecular weight is 303 g/mol. The summed E-state index contributed by atoms with van der Waals surface area (Å²) in [7, 11) is 0. The number of rotatable bonds is 7. The van der Waals surface area contributed by atoms with E-state index in [1.807, 2.05) is 18.2 Å². The van der Waals surface area contributed by atoms with Crippen molar-refractivity contribution in [2.45, 2.75) is 13.8 Å². The minimum absolute atomic E-state index is 0.0248. The number of likely N-dealkylation sites (N-methyl/N-ethyl adjacent to an activating group) is 1. The topological polar surface area (TPSA) is 86.3 Å². The summed E-state index contributed by atoms with van der Waals surface area (Å²) < 4.78 is 6.37. The summed E-state index contributed by atoms with van der Waals surface area (Å²) in [5.74, 6) is 5.77.